The van der Waals surface area contributed by atoms with Gasteiger partial charge in [0.1, 0.15) is 0 Å². The SMILES string of the molecule is CNCC1CCN(C(=O)c2nn(-c3ccccc3)c3c2CCC3)C1.Cl. The second kappa shape index (κ2) is 7.58. The van der Waals surface area contributed by atoms with Crippen LogP contribution in [0.2, 0.25) is 0 Å². The number of hydrogen-bond acceptors (Lipinski definition) is 3. The van der Waals surface area contributed by atoms with Crippen molar-refractivity contribution in [3.8, 4) is 5.69 Å². The van der Waals surface area contributed by atoms with Crippen LogP contribution in [0.4, 0.5) is 0 Å². The molecular weight excluding hydrogens is 336 g/mol. The number of amides is 1. The lowest BCUT2D eigenvalue weighted by molar-refractivity contribution is 0.0780. The predicted octanol–water partition coefficient (Wildman–Crippen LogP) is 2.46. The van der Waals surface area contributed by atoms with E-state index in [0.717, 1.165) is 51.0 Å². The lowest BCUT2D eigenvalue weighted by Crippen LogP contribution is -2.31. The molecule has 0 bridgehead atoms. The molecule has 1 aromatic heterocycles. The summed E-state index contributed by atoms with van der Waals surface area (Å²) >= 11 is 0. The lowest BCUT2D eigenvalue weighted by Gasteiger charge is -2.15. The topological polar surface area (TPSA) is 50.2 Å². The summed E-state index contributed by atoms with van der Waals surface area (Å²) in [6, 6.07) is 10.1. The van der Waals surface area contributed by atoms with Crippen molar-refractivity contribution in [2.45, 2.75) is 25.7 Å². The van der Waals surface area contributed by atoms with Gasteiger partial charge in [-0.05, 0) is 57.3 Å². The lowest BCUT2D eigenvalue weighted by atomic mass is 10.1. The average molecular weight is 361 g/mol. The highest BCUT2D eigenvalue weighted by atomic mass is 35.5. The summed E-state index contributed by atoms with van der Waals surface area (Å²) in [6.45, 7) is 2.66. The molecule has 0 saturated carbocycles. The molecule has 1 amide bonds. The number of nitrogens with one attached hydrogen (secondary N) is 1. The molecule has 2 aromatic rings. The highest BCUT2D eigenvalue weighted by molar-refractivity contribution is 5.94. The molecule has 1 N–H and O–H groups in total. The maximum atomic E-state index is 13.0. The molecule has 25 heavy (non-hydrogen) atoms. The number of likely N-dealkylation sites (tertiary alicyclic amines) is 1. The zero-order valence-electron chi connectivity index (χ0n) is 14.6. The summed E-state index contributed by atoms with van der Waals surface area (Å²) in [4.78, 5) is 15.0. The van der Waals surface area contributed by atoms with E-state index in [9.17, 15) is 4.79 Å². The van der Waals surface area contributed by atoms with Crippen molar-refractivity contribution in [3.05, 3.63) is 47.3 Å². The zero-order chi connectivity index (χ0) is 16.5. The number of hydrogen-bond donors (Lipinski definition) is 1. The Bertz CT molecular complexity index is 743. The minimum Gasteiger partial charge on any atom is -0.337 e. The van der Waals surface area contributed by atoms with E-state index in [4.69, 9.17) is 5.10 Å². The average Bonchev–Trinajstić information content (AvgIpc) is 3.31. The molecule has 0 radical (unpaired) electrons. The summed E-state index contributed by atoms with van der Waals surface area (Å²) < 4.78 is 1.98. The fourth-order valence-corrected chi connectivity index (χ4v) is 4.01. The van der Waals surface area contributed by atoms with Crippen LogP contribution in [0.25, 0.3) is 5.69 Å². The van der Waals surface area contributed by atoms with Gasteiger partial charge in [-0.3, -0.25) is 4.79 Å². The molecule has 2 aliphatic rings. The molecule has 1 atom stereocenters. The van der Waals surface area contributed by atoms with Crippen LogP contribution in [0.15, 0.2) is 30.3 Å². The fraction of sp³-hybridized carbons (Fsp3) is 0.474. The normalized spacial score (nSPS) is 18.9. The van der Waals surface area contributed by atoms with E-state index in [1.807, 2.05) is 34.8 Å². The number of halogens is 1. The summed E-state index contributed by atoms with van der Waals surface area (Å²) in [7, 11) is 1.97. The molecule has 1 aromatic carbocycles. The standard InChI is InChI=1S/C19H24N4O.ClH/c1-20-12-14-10-11-22(13-14)19(24)18-16-8-5-9-17(16)23(21-18)15-6-3-2-4-7-15;/h2-4,6-7,14,20H,5,8-13H2,1H3;1H. The first-order valence-electron chi connectivity index (χ1n) is 8.88. The molecule has 2 heterocycles. The second-order valence-electron chi connectivity index (χ2n) is 6.84. The molecule has 0 spiro atoms. The van der Waals surface area contributed by atoms with E-state index < -0.39 is 0 Å². The van der Waals surface area contributed by atoms with Crippen LogP contribution in [-0.2, 0) is 12.8 Å². The van der Waals surface area contributed by atoms with Crippen molar-refractivity contribution < 1.29 is 4.79 Å². The second-order valence-corrected chi connectivity index (χ2v) is 6.84. The molecule has 1 aliphatic heterocycles. The molecule has 5 nitrogen and oxygen atoms in total. The summed E-state index contributed by atoms with van der Waals surface area (Å²) in [5.41, 5.74) is 4.11. The van der Waals surface area contributed by atoms with Crippen molar-refractivity contribution in [2.75, 3.05) is 26.7 Å². The van der Waals surface area contributed by atoms with Crippen LogP contribution >= 0.6 is 12.4 Å². The van der Waals surface area contributed by atoms with Gasteiger partial charge in [-0.1, -0.05) is 18.2 Å². The number of carbonyl (C=O) groups excluding carboxylic acids is 1. The fourth-order valence-electron chi connectivity index (χ4n) is 4.01. The Morgan fingerprint density at radius 3 is 2.84 bits per heavy atom. The van der Waals surface area contributed by atoms with Crippen LogP contribution in [0.1, 0.15) is 34.6 Å². The summed E-state index contributed by atoms with van der Waals surface area (Å²) in [6.07, 6.45) is 4.17. The number of carbonyl (C=O) groups is 1. The number of nitrogens with zero attached hydrogens (tertiary/aromatic N) is 3. The molecule has 134 valence electrons. The minimum atomic E-state index is 0. The first-order chi connectivity index (χ1) is 11.8. The quantitative estimate of drug-likeness (QED) is 0.911. The Labute approximate surface area is 154 Å². The maximum Gasteiger partial charge on any atom is 0.274 e. The zero-order valence-corrected chi connectivity index (χ0v) is 15.4. The number of aromatic nitrogens is 2. The molecule has 6 heteroatoms. The smallest absolute Gasteiger partial charge is 0.274 e. The van der Waals surface area contributed by atoms with Crippen molar-refractivity contribution >= 4 is 18.3 Å². The van der Waals surface area contributed by atoms with Crippen LogP contribution in [-0.4, -0.2) is 47.3 Å². The number of fused-ring (bicyclic) bond motifs is 1. The molecule has 1 saturated heterocycles. The van der Waals surface area contributed by atoms with Gasteiger partial charge >= 0.3 is 0 Å². The van der Waals surface area contributed by atoms with E-state index in [-0.39, 0.29) is 18.3 Å². The third-order valence-corrected chi connectivity index (χ3v) is 5.20. The van der Waals surface area contributed by atoms with Gasteiger partial charge in [0, 0.05) is 24.3 Å². The van der Waals surface area contributed by atoms with Gasteiger partial charge in [0.2, 0.25) is 0 Å². The third kappa shape index (κ3) is 3.31. The third-order valence-electron chi connectivity index (χ3n) is 5.20. The summed E-state index contributed by atoms with van der Waals surface area (Å²) in [5.74, 6) is 0.671. The van der Waals surface area contributed by atoms with Crippen molar-refractivity contribution in [1.29, 1.82) is 0 Å². The Morgan fingerprint density at radius 2 is 2.08 bits per heavy atom. The van der Waals surface area contributed by atoms with Crippen LogP contribution < -0.4 is 5.32 Å². The predicted molar refractivity (Wildman–Crippen MR) is 101 cm³/mol. The van der Waals surface area contributed by atoms with E-state index in [1.165, 1.54) is 11.3 Å². The van der Waals surface area contributed by atoms with Crippen molar-refractivity contribution in [3.63, 3.8) is 0 Å². The van der Waals surface area contributed by atoms with Crippen LogP contribution in [0.3, 0.4) is 0 Å². The summed E-state index contributed by atoms with van der Waals surface area (Å²) in [5, 5.41) is 7.95. The number of benzene rings is 1. The van der Waals surface area contributed by atoms with Gasteiger partial charge in [0.05, 0.1) is 5.69 Å². The number of para-hydroxylation sites is 1. The van der Waals surface area contributed by atoms with E-state index in [2.05, 4.69) is 17.4 Å². The molecular formula is C19H25ClN4O. The van der Waals surface area contributed by atoms with Gasteiger partial charge in [-0.2, -0.15) is 5.10 Å². The Morgan fingerprint density at radius 1 is 1.28 bits per heavy atom. The Balaban J connectivity index is 0.00000182. The number of rotatable bonds is 4. The van der Waals surface area contributed by atoms with Gasteiger partial charge in [-0.25, -0.2) is 4.68 Å². The molecule has 1 fully saturated rings. The first-order valence-corrected chi connectivity index (χ1v) is 8.88. The largest absolute Gasteiger partial charge is 0.337 e. The minimum absolute atomic E-state index is 0. The maximum absolute atomic E-state index is 13.0. The van der Waals surface area contributed by atoms with E-state index in [0.29, 0.717) is 11.6 Å². The molecule has 1 aliphatic carbocycles. The van der Waals surface area contributed by atoms with Crippen LogP contribution in [0, 0.1) is 5.92 Å². The van der Waals surface area contributed by atoms with Crippen molar-refractivity contribution in [2.24, 2.45) is 5.92 Å². The first kappa shape index (κ1) is 18.0. The highest BCUT2D eigenvalue weighted by Crippen LogP contribution is 2.29. The Hall–Kier alpha value is -1.85. The Kier molecular flexibility index (Phi) is 5.45. The van der Waals surface area contributed by atoms with Gasteiger partial charge in [0.25, 0.3) is 5.91 Å². The van der Waals surface area contributed by atoms with Crippen molar-refractivity contribution in [1.82, 2.24) is 20.0 Å². The van der Waals surface area contributed by atoms with Gasteiger partial charge in [0.15, 0.2) is 5.69 Å². The van der Waals surface area contributed by atoms with Gasteiger partial charge < -0.3 is 10.2 Å². The monoisotopic (exact) mass is 360 g/mol. The molecule has 1 unspecified atom stereocenters. The van der Waals surface area contributed by atoms with E-state index >= 15 is 0 Å². The van der Waals surface area contributed by atoms with Crippen LogP contribution in [0.5, 0.6) is 0 Å². The highest BCUT2D eigenvalue weighted by Gasteiger charge is 2.32. The van der Waals surface area contributed by atoms with Gasteiger partial charge in [-0.15, -0.1) is 12.4 Å². The van der Waals surface area contributed by atoms with E-state index in [1.54, 1.807) is 0 Å². The molecule has 4 rings (SSSR count).